The molecule has 0 radical (unpaired) electrons. The van der Waals surface area contributed by atoms with Gasteiger partial charge in [0.05, 0.1) is 41.1 Å². The second-order valence-corrected chi connectivity index (χ2v) is 8.72. The highest BCUT2D eigenvalue weighted by atomic mass is 35.5. The first-order chi connectivity index (χ1) is 17.1. The summed E-state index contributed by atoms with van der Waals surface area (Å²) in [6, 6.07) is 20.5. The summed E-state index contributed by atoms with van der Waals surface area (Å²) in [5.41, 5.74) is -1.30. The zero-order valence-electron chi connectivity index (χ0n) is 19.3. The Kier molecular flexibility index (Phi) is 7.23. The van der Waals surface area contributed by atoms with Crippen LogP contribution >= 0.6 is 11.6 Å². The van der Waals surface area contributed by atoms with Crippen LogP contribution in [0.25, 0.3) is 16.6 Å². The number of carbonyl (C=O) groups is 1. The van der Waals surface area contributed by atoms with Crippen molar-refractivity contribution < 1.29 is 23.1 Å². The van der Waals surface area contributed by atoms with Crippen LogP contribution in [0.5, 0.6) is 0 Å². The van der Waals surface area contributed by atoms with E-state index in [1.807, 2.05) is 30.3 Å². The average Bonchev–Trinajstić information content (AvgIpc) is 3.31. The maximum absolute atomic E-state index is 14.1. The average molecular weight is 517 g/mol. The largest absolute Gasteiger partial charge is 0.420 e. The van der Waals surface area contributed by atoms with E-state index < -0.39 is 30.8 Å². The molecule has 4 rings (SSSR count). The lowest BCUT2D eigenvalue weighted by Gasteiger charge is -2.35. The highest BCUT2D eigenvalue weighted by molar-refractivity contribution is 6.33. The van der Waals surface area contributed by atoms with Gasteiger partial charge in [0.15, 0.2) is 5.60 Å². The second-order valence-electron chi connectivity index (χ2n) is 8.31. The number of alkyl halides is 3. The molecule has 0 aliphatic heterocycles. The van der Waals surface area contributed by atoms with E-state index in [2.05, 4.69) is 10.4 Å². The fourth-order valence-electron chi connectivity index (χ4n) is 3.92. The highest BCUT2D eigenvalue weighted by Crippen LogP contribution is 2.33. The quantitative estimate of drug-likeness (QED) is 0.322. The molecule has 0 saturated carbocycles. The van der Waals surface area contributed by atoms with E-state index in [1.54, 1.807) is 41.2 Å². The summed E-state index contributed by atoms with van der Waals surface area (Å²) in [7, 11) is 0. The van der Waals surface area contributed by atoms with Gasteiger partial charge >= 0.3 is 6.18 Å². The number of para-hydroxylation sites is 1. The zero-order chi connectivity index (χ0) is 25.9. The van der Waals surface area contributed by atoms with E-state index in [0.29, 0.717) is 16.6 Å². The number of hydrogen-bond acceptors (Lipinski definition) is 4. The molecule has 4 aromatic rings. The molecule has 1 aromatic heterocycles. The minimum Gasteiger partial charge on any atom is -0.381 e. The lowest BCUT2D eigenvalue weighted by Crippen LogP contribution is -2.58. The number of halogens is 4. The van der Waals surface area contributed by atoms with Crippen molar-refractivity contribution in [3.63, 3.8) is 0 Å². The van der Waals surface area contributed by atoms with Gasteiger partial charge in [-0.15, -0.1) is 0 Å². The molecule has 0 bridgehead atoms. The number of aliphatic hydroxyl groups is 1. The summed E-state index contributed by atoms with van der Waals surface area (Å²) >= 11 is 6.07. The molecule has 1 heterocycles. The number of anilines is 1. The molecule has 0 spiro atoms. The Morgan fingerprint density at radius 2 is 1.75 bits per heavy atom. The van der Waals surface area contributed by atoms with Crippen LogP contribution in [0.3, 0.4) is 0 Å². The molecule has 0 aliphatic carbocycles. The number of fused-ring (bicyclic) bond motifs is 1. The predicted molar refractivity (Wildman–Crippen MR) is 134 cm³/mol. The topological polar surface area (TPSA) is 70.4 Å². The monoisotopic (exact) mass is 516 g/mol. The maximum atomic E-state index is 14.1. The SMILES string of the molecule is CCN(CC(O)(CNc1cccc2c1cnn2-c1ccccc1)C(F)(F)F)C(=O)c1ccccc1Cl. The molecule has 1 amide bonds. The lowest BCUT2D eigenvalue weighted by molar-refractivity contribution is -0.257. The fourth-order valence-corrected chi connectivity index (χ4v) is 4.13. The summed E-state index contributed by atoms with van der Waals surface area (Å²) in [4.78, 5) is 13.9. The third kappa shape index (κ3) is 5.03. The van der Waals surface area contributed by atoms with E-state index in [-0.39, 0.29) is 17.1 Å². The number of carbonyl (C=O) groups excluding carboxylic acids is 1. The number of benzene rings is 3. The molecule has 0 aliphatic rings. The molecule has 0 fully saturated rings. The van der Waals surface area contributed by atoms with E-state index in [1.165, 1.54) is 19.1 Å². The first kappa shape index (κ1) is 25.5. The summed E-state index contributed by atoms with van der Waals surface area (Å²) in [6.07, 6.45) is -3.47. The molecule has 2 N–H and O–H groups in total. The first-order valence-electron chi connectivity index (χ1n) is 11.2. The van der Waals surface area contributed by atoms with Gasteiger partial charge in [0, 0.05) is 17.6 Å². The number of amides is 1. The van der Waals surface area contributed by atoms with Crippen LogP contribution in [0.4, 0.5) is 18.9 Å². The molecular formula is C26H24ClF3N4O2. The molecule has 6 nitrogen and oxygen atoms in total. The third-order valence-electron chi connectivity index (χ3n) is 5.94. The van der Waals surface area contributed by atoms with E-state index in [0.717, 1.165) is 10.6 Å². The van der Waals surface area contributed by atoms with Crippen LogP contribution in [0.1, 0.15) is 17.3 Å². The number of hydrogen-bond donors (Lipinski definition) is 2. The minimum atomic E-state index is -5.02. The van der Waals surface area contributed by atoms with Crippen LogP contribution in [0.15, 0.2) is 79.0 Å². The molecule has 0 saturated heterocycles. The highest BCUT2D eigenvalue weighted by Gasteiger charge is 2.55. The Morgan fingerprint density at radius 1 is 1.06 bits per heavy atom. The van der Waals surface area contributed by atoms with Crippen molar-refractivity contribution in [2.45, 2.75) is 18.7 Å². The number of nitrogens with one attached hydrogen (secondary N) is 1. The van der Waals surface area contributed by atoms with Crippen molar-refractivity contribution in [3.05, 3.63) is 89.6 Å². The van der Waals surface area contributed by atoms with Crippen molar-refractivity contribution in [2.75, 3.05) is 25.0 Å². The Balaban J connectivity index is 1.60. The fraction of sp³-hybridized carbons (Fsp3) is 0.231. The van der Waals surface area contributed by atoms with Gasteiger partial charge in [0.2, 0.25) is 0 Å². The van der Waals surface area contributed by atoms with Gasteiger partial charge < -0.3 is 15.3 Å². The van der Waals surface area contributed by atoms with Gasteiger partial charge in [-0.3, -0.25) is 4.79 Å². The first-order valence-corrected chi connectivity index (χ1v) is 11.6. The van der Waals surface area contributed by atoms with Gasteiger partial charge in [-0.1, -0.05) is 48.0 Å². The molecule has 1 atom stereocenters. The van der Waals surface area contributed by atoms with Gasteiger partial charge in [-0.2, -0.15) is 18.3 Å². The number of nitrogens with zero attached hydrogens (tertiary/aromatic N) is 3. The summed E-state index contributed by atoms with van der Waals surface area (Å²) in [6.45, 7) is -0.360. The molecular weight excluding hydrogens is 493 g/mol. The van der Waals surface area contributed by atoms with E-state index >= 15 is 0 Å². The van der Waals surface area contributed by atoms with Crippen LogP contribution in [-0.2, 0) is 0 Å². The minimum absolute atomic E-state index is 0.0537. The zero-order valence-corrected chi connectivity index (χ0v) is 20.1. The van der Waals surface area contributed by atoms with Crippen LogP contribution in [0.2, 0.25) is 5.02 Å². The van der Waals surface area contributed by atoms with Gasteiger partial charge in [0.1, 0.15) is 0 Å². The molecule has 10 heteroatoms. The van der Waals surface area contributed by atoms with Crippen molar-refractivity contribution in [1.82, 2.24) is 14.7 Å². The number of likely N-dealkylation sites (N-methyl/N-ethyl adjacent to an activating group) is 1. The standard InChI is InChI=1S/C26H24ClF3N4O2/c1-2-33(24(35)19-11-6-7-12-21(19)27)17-25(36,26(28,29)30)16-31-22-13-8-14-23-20(22)15-32-34(23)18-9-4-3-5-10-18/h3-15,31,36H,2,16-17H2,1H3. The van der Waals surface area contributed by atoms with Gasteiger partial charge in [-0.05, 0) is 43.3 Å². The van der Waals surface area contributed by atoms with Crippen LogP contribution in [-0.4, -0.2) is 57.1 Å². The lowest BCUT2D eigenvalue weighted by atomic mass is 10.0. The predicted octanol–water partition coefficient (Wildman–Crippen LogP) is 5.55. The molecule has 3 aromatic carbocycles. The number of rotatable bonds is 8. The normalized spacial score (nSPS) is 13.4. The number of aromatic nitrogens is 2. The maximum Gasteiger partial charge on any atom is 0.420 e. The van der Waals surface area contributed by atoms with Crippen molar-refractivity contribution in [3.8, 4) is 5.69 Å². The van der Waals surface area contributed by atoms with Crippen molar-refractivity contribution in [1.29, 1.82) is 0 Å². The third-order valence-corrected chi connectivity index (χ3v) is 6.27. The van der Waals surface area contributed by atoms with Crippen molar-refractivity contribution >= 4 is 34.1 Å². The molecule has 36 heavy (non-hydrogen) atoms. The Bertz CT molecular complexity index is 1360. The summed E-state index contributed by atoms with van der Waals surface area (Å²) in [5.74, 6) is -0.697. The smallest absolute Gasteiger partial charge is 0.381 e. The Labute approximate surface area is 210 Å². The van der Waals surface area contributed by atoms with Gasteiger partial charge in [-0.25, -0.2) is 4.68 Å². The van der Waals surface area contributed by atoms with E-state index in [4.69, 9.17) is 11.6 Å². The van der Waals surface area contributed by atoms with Crippen molar-refractivity contribution in [2.24, 2.45) is 0 Å². The second kappa shape index (κ2) is 10.2. The van der Waals surface area contributed by atoms with Crippen LogP contribution in [0, 0.1) is 0 Å². The Hall–Kier alpha value is -3.56. The van der Waals surface area contributed by atoms with Gasteiger partial charge in [0.25, 0.3) is 5.91 Å². The van der Waals surface area contributed by atoms with E-state index in [9.17, 15) is 23.1 Å². The Morgan fingerprint density at radius 3 is 2.42 bits per heavy atom. The summed E-state index contributed by atoms with van der Waals surface area (Å²) in [5, 5.41) is 18.6. The molecule has 1 unspecified atom stereocenters. The van der Waals surface area contributed by atoms with Crippen LogP contribution < -0.4 is 5.32 Å². The summed E-state index contributed by atoms with van der Waals surface area (Å²) < 4.78 is 44.0. The molecule has 188 valence electrons.